The summed E-state index contributed by atoms with van der Waals surface area (Å²) < 4.78 is 5.73. The minimum Gasteiger partial charge on any atom is -0.458 e. The molecule has 4 nitrogen and oxygen atoms in total. The topological polar surface area (TPSA) is 69.4 Å². The summed E-state index contributed by atoms with van der Waals surface area (Å²) in [6, 6.07) is 0. The first-order valence-corrected chi connectivity index (χ1v) is 10.9. The number of nitrogens with two attached hydrogens (primary N) is 1. The average Bonchev–Trinajstić information content (AvgIpc) is 2.96. The largest absolute Gasteiger partial charge is 0.458 e. The quantitative estimate of drug-likeness (QED) is 0.599. The number of ether oxygens (including phenoxy) is 1. The number of ketones is 1. The SMILES string of the molecule is CC(CN)C(=O)O[C@@H]1C=C2CCC3C(CC[C@]4(C)C(=O)CCC34)[C@@]2(C)CC1. The van der Waals surface area contributed by atoms with Crippen LogP contribution in [-0.2, 0) is 14.3 Å². The maximum atomic E-state index is 12.5. The molecule has 0 aliphatic heterocycles. The number of carbonyl (C=O) groups excluding carboxylic acids is 2. The second-order valence-corrected chi connectivity index (χ2v) is 10.1. The summed E-state index contributed by atoms with van der Waals surface area (Å²) in [7, 11) is 0. The molecule has 4 unspecified atom stereocenters. The number of rotatable bonds is 3. The molecule has 4 aliphatic rings. The van der Waals surface area contributed by atoms with Gasteiger partial charge in [-0.2, -0.15) is 0 Å². The molecule has 4 aliphatic carbocycles. The van der Waals surface area contributed by atoms with Crippen LogP contribution >= 0.6 is 0 Å². The molecule has 0 aromatic heterocycles. The van der Waals surface area contributed by atoms with Crippen LogP contribution in [-0.4, -0.2) is 24.4 Å². The van der Waals surface area contributed by atoms with E-state index in [0.717, 1.165) is 38.5 Å². The van der Waals surface area contributed by atoms with Crippen molar-refractivity contribution in [2.75, 3.05) is 6.54 Å². The Morgan fingerprint density at radius 1 is 1.15 bits per heavy atom. The Bertz CT molecular complexity index is 671. The Morgan fingerprint density at radius 3 is 2.59 bits per heavy atom. The third-order valence-corrected chi connectivity index (χ3v) is 8.80. The van der Waals surface area contributed by atoms with Crippen molar-refractivity contribution in [1.29, 1.82) is 0 Å². The van der Waals surface area contributed by atoms with E-state index < -0.39 is 0 Å². The summed E-state index contributed by atoms with van der Waals surface area (Å²) in [6.07, 6.45) is 10.6. The molecular weight excluding hydrogens is 338 g/mol. The van der Waals surface area contributed by atoms with Gasteiger partial charge in [0.25, 0.3) is 0 Å². The highest BCUT2D eigenvalue weighted by Gasteiger charge is 2.58. The fourth-order valence-corrected chi connectivity index (χ4v) is 6.92. The lowest BCUT2D eigenvalue weighted by molar-refractivity contribution is -0.152. The number of carbonyl (C=O) groups is 2. The smallest absolute Gasteiger partial charge is 0.310 e. The number of esters is 1. The monoisotopic (exact) mass is 373 g/mol. The predicted octanol–water partition coefficient (Wildman–Crippen LogP) is 4.02. The van der Waals surface area contributed by atoms with Crippen LogP contribution in [0.2, 0.25) is 0 Å². The van der Waals surface area contributed by atoms with E-state index in [4.69, 9.17) is 10.5 Å². The van der Waals surface area contributed by atoms with Gasteiger partial charge < -0.3 is 10.5 Å². The Morgan fingerprint density at radius 2 is 1.85 bits per heavy atom. The highest BCUT2D eigenvalue weighted by Crippen LogP contribution is 2.64. The van der Waals surface area contributed by atoms with Gasteiger partial charge in [0, 0.05) is 18.4 Å². The van der Waals surface area contributed by atoms with Gasteiger partial charge in [0.05, 0.1) is 5.92 Å². The molecule has 3 saturated carbocycles. The molecule has 27 heavy (non-hydrogen) atoms. The van der Waals surface area contributed by atoms with E-state index in [1.807, 2.05) is 6.92 Å². The van der Waals surface area contributed by atoms with Gasteiger partial charge in [-0.15, -0.1) is 0 Å². The fourth-order valence-electron chi connectivity index (χ4n) is 6.92. The molecule has 0 spiro atoms. The van der Waals surface area contributed by atoms with Crippen molar-refractivity contribution in [1.82, 2.24) is 0 Å². The normalized spacial score (nSPS) is 44.6. The molecule has 0 radical (unpaired) electrons. The summed E-state index contributed by atoms with van der Waals surface area (Å²) in [5.41, 5.74) is 7.27. The standard InChI is InChI=1S/C23H35NO3/c1-14(13-24)21(26)27-16-8-10-22(2)15(12-16)4-5-17-18-6-7-20(25)23(18,3)11-9-19(17)22/h12,14,16-19H,4-11,13,24H2,1-3H3/t14?,16-,17?,18?,19?,22-,23-/m0/s1. The van der Waals surface area contributed by atoms with Crippen molar-refractivity contribution < 1.29 is 14.3 Å². The van der Waals surface area contributed by atoms with Crippen molar-refractivity contribution >= 4 is 11.8 Å². The van der Waals surface area contributed by atoms with E-state index in [9.17, 15) is 9.59 Å². The number of hydrogen-bond acceptors (Lipinski definition) is 4. The second-order valence-electron chi connectivity index (χ2n) is 10.1. The molecule has 0 amide bonds. The number of hydrogen-bond donors (Lipinski definition) is 1. The van der Waals surface area contributed by atoms with Crippen LogP contribution in [0, 0.1) is 34.5 Å². The van der Waals surface area contributed by atoms with Crippen LogP contribution in [0.4, 0.5) is 0 Å². The van der Waals surface area contributed by atoms with Gasteiger partial charge in [-0.05, 0) is 74.2 Å². The Labute approximate surface area is 163 Å². The van der Waals surface area contributed by atoms with Gasteiger partial charge >= 0.3 is 5.97 Å². The highest BCUT2D eigenvalue weighted by atomic mass is 16.5. The Kier molecular flexibility index (Phi) is 4.77. The van der Waals surface area contributed by atoms with Crippen LogP contribution in [0.5, 0.6) is 0 Å². The predicted molar refractivity (Wildman–Crippen MR) is 105 cm³/mol. The van der Waals surface area contributed by atoms with E-state index in [-0.39, 0.29) is 28.8 Å². The number of allylic oxidation sites excluding steroid dienone is 1. The van der Waals surface area contributed by atoms with Gasteiger partial charge in [-0.1, -0.05) is 26.3 Å². The molecule has 0 aromatic rings. The van der Waals surface area contributed by atoms with Crippen LogP contribution in [0.1, 0.15) is 72.1 Å². The zero-order chi connectivity index (χ0) is 19.4. The van der Waals surface area contributed by atoms with Crippen LogP contribution < -0.4 is 5.73 Å². The average molecular weight is 374 g/mol. The van der Waals surface area contributed by atoms with E-state index in [1.54, 1.807) is 0 Å². The van der Waals surface area contributed by atoms with Gasteiger partial charge in [0.1, 0.15) is 11.9 Å². The maximum absolute atomic E-state index is 12.5. The minimum absolute atomic E-state index is 0.0517. The first-order valence-electron chi connectivity index (χ1n) is 10.9. The van der Waals surface area contributed by atoms with Gasteiger partial charge in [0.15, 0.2) is 0 Å². The molecular formula is C23H35NO3. The third kappa shape index (κ3) is 2.90. The lowest BCUT2D eigenvalue weighted by Crippen LogP contribution is -2.51. The first kappa shape index (κ1) is 19.2. The van der Waals surface area contributed by atoms with Crippen LogP contribution in [0.15, 0.2) is 11.6 Å². The van der Waals surface area contributed by atoms with Gasteiger partial charge in [0.2, 0.25) is 0 Å². The van der Waals surface area contributed by atoms with Crippen molar-refractivity contribution in [2.24, 2.45) is 40.2 Å². The zero-order valence-corrected chi connectivity index (χ0v) is 17.1. The van der Waals surface area contributed by atoms with Gasteiger partial charge in [-0.3, -0.25) is 9.59 Å². The van der Waals surface area contributed by atoms with Gasteiger partial charge in [-0.25, -0.2) is 0 Å². The molecule has 4 rings (SSSR count). The van der Waals surface area contributed by atoms with E-state index >= 15 is 0 Å². The van der Waals surface area contributed by atoms with Crippen molar-refractivity contribution in [2.45, 2.75) is 78.2 Å². The fraction of sp³-hybridized carbons (Fsp3) is 0.826. The van der Waals surface area contributed by atoms with Crippen LogP contribution in [0.3, 0.4) is 0 Å². The highest BCUT2D eigenvalue weighted by molar-refractivity contribution is 5.87. The summed E-state index contributed by atoms with van der Waals surface area (Å²) in [6.45, 7) is 6.85. The summed E-state index contributed by atoms with van der Waals surface area (Å²) in [5.74, 6) is 2.07. The lowest BCUT2D eigenvalue weighted by Gasteiger charge is -2.57. The molecule has 4 heteroatoms. The third-order valence-electron chi connectivity index (χ3n) is 8.80. The number of Topliss-reactive ketones (excluding diaryl/α,β-unsaturated/α-hetero) is 1. The maximum Gasteiger partial charge on any atom is 0.310 e. The second kappa shape index (κ2) is 6.72. The summed E-state index contributed by atoms with van der Waals surface area (Å²) >= 11 is 0. The van der Waals surface area contributed by atoms with Crippen LogP contribution in [0.25, 0.3) is 0 Å². The Balaban J connectivity index is 1.53. The van der Waals surface area contributed by atoms with E-state index in [0.29, 0.717) is 30.1 Å². The summed E-state index contributed by atoms with van der Waals surface area (Å²) in [5, 5.41) is 0. The van der Waals surface area contributed by atoms with E-state index in [1.165, 1.54) is 18.4 Å². The molecule has 0 aromatic carbocycles. The van der Waals surface area contributed by atoms with Crippen molar-refractivity contribution in [3.63, 3.8) is 0 Å². The first-order chi connectivity index (χ1) is 12.8. The molecule has 7 atom stereocenters. The van der Waals surface area contributed by atoms with Crippen molar-refractivity contribution in [3.05, 3.63) is 11.6 Å². The Hall–Kier alpha value is -1.16. The molecule has 0 saturated heterocycles. The van der Waals surface area contributed by atoms with Crippen molar-refractivity contribution in [3.8, 4) is 0 Å². The zero-order valence-electron chi connectivity index (χ0n) is 17.1. The minimum atomic E-state index is -0.233. The lowest BCUT2D eigenvalue weighted by atomic mass is 9.47. The molecule has 150 valence electrons. The number of fused-ring (bicyclic) bond motifs is 5. The molecule has 0 heterocycles. The molecule has 3 fully saturated rings. The van der Waals surface area contributed by atoms with E-state index in [2.05, 4.69) is 19.9 Å². The molecule has 2 N–H and O–H groups in total. The molecule has 0 bridgehead atoms. The summed E-state index contributed by atoms with van der Waals surface area (Å²) in [4.78, 5) is 24.7.